The second kappa shape index (κ2) is 6.09. The molecule has 20 heavy (non-hydrogen) atoms. The zero-order chi connectivity index (χ0) is 14.7. The Morgan fingerprint density at radius 1 is 1.55 bits per heavy atom. The summed E-state index contributed by atoms with van der Waals surface area (Å²) in [5.41, 5.74) is 6.34. The molecule has 1 fully saturated rings. The van der Waals surface area contributed by atoms with Crippen molar-refractivity contribution < 1.29 is 18.7 Å². The molecule has 2 rings (SSSR count). The molecule has 0 saturated carbocycles. The van der Waals surface area contributed by atoms with Gasteiger partial charge in [-0.1, -0.05) is 0 Å². The molecule has 5 nitrogen and oxygen atoms in total. The van der Waals surface area contributed by atoms with E-state index in [9.17, 15) is 9.18 Å². The molecule has 2 N–H and O–H groups in total. The van der Waals surface area contributed by atoms with Gasteiger partial charge in [0.2, 0.25) is 0 Å². The highest BCUT2D eigenvalue weighted by atomic mass is 19.1. The Hall–Kier alpha value is -1.82. The number of benzene rings is 1. The number of nitrogens with two attached hydrogens (primary N) is 1. The highest BCUT2D eigenvalue weighted by Gasteiger charge is 2.26. The molecule has 1 aliphatic rings. The number of halogens is 1. The number of hydrogen-bond donors (Lipinski definition) is 1. The standard InChI is InChI=1S/C14H19FN2O3/c1-3-20-14(18)10-6-13(11(15)7-12(10)16)17-5-4-9(8-17)19-2/h6-7,9H,3-5,8,16H2,1-2H3. The molecule has 1 atom stereocenters. The lowest BCUT2D eigenvalue weighted by atomic mass is 10.1. The van der Waals surface area contributed by atoms with Gasteiger partial charge >= 0.3 is 5.97 Å². The highest BCUT2D eigenvalue weighted by Crippen LogP contribution is 2.29. The molecular formula is C14H19FN2O3. The van der Waals surface area contributed by atoms with Gasteiger partial charge in [-0.3, -0.25) is 0 Å². The third-order valence-corrected chi connectivity index (χ3v) is 3.43. The molecule has 0 aromatic heterocycles. The second-order valence-corrected chi connectivity index (χ2v) is 4.70. The minimum atomic E-state index is -0.534. The van der Waals surface area contributed by atoms with Crippen LogP contribution in [0.2, 0.25) is 0 Å². The van der Waals surface area contributed by atoms with Crippen molar-refractivity contribution in [3.05, 3.63) is 23.5 Å². The zero-order valence-corrected chi connectivity index (χ0v) is 11.7. The van der Waals surface area contributed by atoms with E-state index in [1.54, 1.807) is 14.0 Å². The fourth-order valence-corrected chi connectivity index (χ4v) is 2.34. The first-order chi connectivity index (χ1) is 9.56. The average molecular weight is 282 g/mol. The summed E-state index contributed by atoms with van der Waals surface area (Å²) in [6.45, 7) is 3.24. The predicted octanol–water partition coefficient (Wildman–Crippen LogP) is 1.81. The van der Waals surface area contributed by atoms with Crippen LogP contribution in [0.5, 0.6) is 0 Å². The van der Waals surface area contributed by atoms with Crippen LogP contribution >= 0.6 is 0 Å². The summed E-state index contributed by atoms with van der Waals surface area (Å²) in [6, 6.07) is 2.63. The largest absolute Gasteiger partial charge is 0.462 e. The molecule has 1 unspecified atom stereocenters. The van der Waals surface area contributed by atoms with Gasteiger partial charge in [0.25, 0.3) is 0 Å². The van der Waals surface area contributed by atoms with Crippen LogP contribution in [-0.2, 0) is 9.47 Å². The lowest BCUT2D eigenvalue weighted by molar-refractivity contribution is 0.0527. The van der Waals surface area contributed by atoms with E-state index in [2.05, 4.69) is 0 Å². The average Bonchev–Trinajstić information content (AvgIpc) is 2.87. The van der Waals surface area contributed by atoms with Gasteiger partial charge in [-0.15, -0.1) is 0 Å². The molecular weight excluding hydrogens is 263 g/mol. The minimum Gasteiger partial charge on any atom is -0.462 e. The number of rotatable bonds is 4. The summed E-state index contributed by atoms with van der Waals surface area (Å²) in [7, 11) is 1.64. The van der Waals surface area contributed by atoms with Crippen LogP contribution < -0.4 is 10.6 Å². The normalized spacial score (nSPS) is 18.4. The molecule has 1 aromatic rings. The quantitative estimate of drug-likeness (QED) is 0.674. The highest BCUT2D eigenvalue weighted by molar-refractivity contribution is 5.96. The number of hydrogen-bond acceptors (Lipinski definition) is 5. The minimum absolute atomic E-state index is 0.0815. The topological polar surface area (TPSA) is 64.8 Å². The Bertz CT molecular complexity index is 507. The van der Waals surface area contributed by atoms with Gasteiger partial charge in [0.1, 0.15) is 5.82 Å². The number of ether oxygens (including phenoxy) is 2. The zero-order valence-electron chi connectivity index (χ0n) is 11.7. The van der Waals surface area contributed by atoms with Crippen molar-refractivity contribution in [2.24, 2.45) is 0 Å². The number of nitrogens with zero attached hydrogens (tertiary/aromatic N) is 1. The fraction of sp³-hybridized carbons (Fsp3) is 0.500. The van der Waals surface area contributed by atoms with E-state index in [0.29, 0.717) is 18.8 Å². The van der Waals surface area contributed by atoms with Crippen molar-refractivity contribution in [3.8, 4) is 0 Å². The molecule has 0 spiro atoms. The summed E-state index contributed by atoms with van der Waals surface area (Å²) in [5, 5.41) is 0. The van der Waals surface area contributed by atoms with Crippen molar-refractivity contribution >= 4 is 17.3 Å². The van der Waals surface area contributed by atoms with Crippen molar-refractivity contribution in [1.29, 1.82) is 0 Å². The van der Waals surface area contributed by atoms with Crippen LogP contribution in [0.4, 0.5) is 15.8 Å². The Morgan fingerprint density at radius 3 is 2.90 bits per heavy atom. The van der Waals surface area contributed by atoms with E-state index in [4.69, 9.17) is 15.2 Å². The van der Waals surface area contributed by atoms with E-state index in [1.165, 1.54) is 12.1 Å². The maximum atomic E-state index is 14.0. The lowest BCUT2D eigenvalue weighted by Gasteiger charge is -2.20. The molecule has 0 aliphatic carbocycles. The molecule has 0 radical (unpaired) electrons. The first-order valence-electron chi connectivity index (χ1n) is 6.60. The van der Waals surface area contributed by atoms with Gasteiger partial charge in [0, 0.05) is 25.9 Å². The van der Waals surface area contributed by atoms with Crippen molar-refractivity contribution in [3.63, 3.8) is 0 Å². The molecule has 0 bridgehead atoms. The predicted molar refractivity (Wildman–Crippen MR) is 74.4 cm³/mol. The third kappa shape index (κ3) is 2.85. The first-order valence-corrected chi connectivity index (χ1v) is 6.60. The Labute approximate surface area is 117 Å². The molecule has 0 amide bonds. The first kappa shape index (κ1) is 14.6. The number of carbonyl (C=O) groups excluding carboxylic acids is 1. The van der Waals surface area contributed by atoms with Crippen molar-refractivity contribution in [2.75, 3.05) is 37.4 Å². The summed E-state index contributed by atoms with van der Waals surface area (Å²) < 4.78 is 24.2. The van der Waals surface area contributed by atoms with Crippen LogP contribution in [0.3, 0.4) is 0 Å². The lowest BCUT2D eigenvalue weighted by Crippen LogP contribution is -2.24. The van der Waals surface area contributed by atoms with Crippen molar-refractivity contribution in [1.82, 2.24) is 0 Å². The third-order valence-electron chi connectivity index (χ3n) is 3.43. The monoisotopic (exact) mass is 282 g/mol. The van der Waals surface area contributed by atoms with E-state index < -0.39 is 11.8 Å². The SMILES string of the molecule is CCOC(=O)c1cc(N2CCC(OC)C2)c(F)cc1N. The maximum absolute atomic E-state index is 14.0. The van der Waals surface area contributed by atoms with E-state index in [-0.39, 0.29) is 24.0 Å². The number of anilines is 2. The maximum Gasteiger partial charge on any atom is 0.340 e. The van der Waals surface area contributed by atoms with Crippen molar-refractivity contribution in [2.45, 2.75) is 19.4 Å². The van der Waals surface area contributed by atoms with Crippen LogP contribution in [0.25, 0.3) is 0 Å². The van der Waals surface area contributed by atoms with Crippen LogP contribution in [-0.4, -0.2) is 38.9 Å². The van der Waals surface area contributed by atoms with Gasteiger partial charge in [-0.25, -0.2) is 9.18 Å². The van der Waals surface area contributed by atoms with Gasteiger partial charge in [-0.05, 0) is 25.5 Å². The number of nitrogen functional groups attached to an aromatic ring is 1. The number of methoxy groups -OCH3 is 1. The van der Waals surface area contributed by atoms with E-state index in [0.717, 1.165) is 6.42 Å². The fourth-order valence-electron chi connectivity index (χ4n) is 2.34. The van der Waals surface area contributed by atoms with Crippen LogP contribution in [0.1, 0.15) is 23.7 Å². The molecule has 1 aromatic carbocycles. The Morgan fingerprint density at radius 2 is 2.30 bits per heavy atom. The number of esters is 1. The Balaban J connectivity index is 2.29. The Kier molecular flexibility index (Phi) is 4.44. The van der Waals surface area contributed by atoms with Crippen LogP contribution in [0.15, 0.2) is 12.1 Å². The van der Waals surface area contributed by atoms with Gasteiger partial charge in [0.05, 0.1) is 24.0 Å². The summed E-state index contributed by atoms with van der Waals surface area (Å²) in [5.74, 6) is -0.971. The van der Waals surface area contributed by atoms with E-state index in [1.807, 2.05) is 4.90 Å². The molecule has 110 valence electrons. The van der Waals surface area contributed by atoms with E-state index >= 15 is 0 Å². The van der Waals surface area contributed by atoms with Gasteiger partial charge in [0.15, 0.2) is 0 Å². The second-order valence-electron chi connectivity index (χ2n) is 4.70. The van der Waals surface area contributed by atoms with Gasteiger partial charge < -0.3 is 20.1 Å². The summed E-state index contributed by atoms with van der Waals surface area (Å²) >= 11 is 0. The molecule has 1 heterocycles. The smallest absolute Gasteiger partial charge is 0.340 e. The van der Waals surface area contributed by atoms with Crippen LogP contribution in [0, 0.1) is 5.82 Å². The molecule has 1 saturated heterocycles. The summed E-state index contributed by atoms with van der Waals surface area (Å²) in [4.78, 5) is 13.6. The molecule has 1 aliphatic heterocycles. The summed E-state index contributed by atoms with van der Waals surface area (Å²) in [6.07, 6.45) is 0.910. The number of carbonyl (C=O) groups is 1. The van der Waals surface area contributed by atoms with Gasteiger partial charge in [-0.2, -0.15) is 0 Å². The molecule has 6 heteroatoms.